The van der Waals surface area contributed by atoms with E-state index in [0.717, 1.165) is 5.56 Å². The lowest BCUT2D eigenvalue weighted by Gasteiger charge is -2.26. The molecule has 0 saturated heterocycles. The molecule has 0 heterocycles. The fourth-order valence-electron chi connectivity index (χ4n) is 3.38. The van der Waals surface area contributed by atoms with Crippen LogP contribution < -0.4 is 27.4 Å². The zero-order valence-electron chi connectivity index (χ0n) is 20.8. The molecule has 0 bridgehead atoms. The predicted octanol–water partition coefficient (Wildman–Crippen LogP) is -0.642. The Balaban J connectivity index is 3.03. The molecule has 0 saturated carbocycles. The van der Waals surface area contributed by atoms with Crippen molar-refractivity contribution >= 4 is 35.5 Å². The molecule has 0 aromatic heterocycles. The second kappa shape index (κ2) is 16.9. The zero-order valence-corrected chi connectivity index (χ0v) is 21.6. The third-order valence-corrected chi connectivity index (χ3v) is 6.15. The van der Waals surface area contributed by atoms with E-state index in [1.54, 1.807) is 30.3 Å². The molecule has 202 valence electrons. The number of benzene rings is 1. The van der Waals surface area contributed by atoms with Crippen LogP contribution in [0.5, 0.6) is 0 Å². The summed E-state index contributed by atoms with van der Waals surface area (Å²) in [5.74, 6) is -2.63. The van der Waals surface area contributed by atoms with E-state index in [1.807, 2.05) is 6.26 Å². The second-order valence-electron chi connectivity index (χ2n) is 8.55. The van der Waals surface area contributed by atoms with Gasteiger partial charge < -0.3 is 37.6 Å². The molecule has 5 atom stereocenters. The molecule has 0 fully saturated rings. The Morgan fingerprint density at radius 2 is 1.58 bits per heavy atom. The number of aliphatic hydroxyl groups is 1. The SMILES string of the molecule is CSCCC(N)C(=O)NC(C(=O)NC(Cc1ccccc1)C(=O)NC(CCCCN)C(=O)O)C(C)O. The van der Waals surface area contributed by atoms with Gasteiger partial charge in [-0.2, -0.15) is 11.8 Å². The fraction of sp³-hybridized carbons (Fsp3) is 0.583. The van der Waals surface area contributed by atoms with E-state index in [0.29, 0.717) is 31.6 Å². The molecule has 5 unspecified atom stereocenters. The molecule has 3 amide bonds. The van der Waals surface area contributed by atoms with Crippen LogP contribution >= 0.6 is 11.8 Å². The Bertz CT molecular complexity index is 842. The molecule has 1 rings (SSSR count). The third-order valence-electron chi connectivity index (χ3n) is 5.51. The molecule has 0 aliphatic rings. The van der Waals surface area contributed by atoms with Gasteiger partial charge in [-0.25, -0.2) is 4.79 Å². The topological polar surface area (TPSA) is 197 Å². The summed E-state index contributed by atoms with van der Waals surface area (Å²) in [4.78, 5) is 50.2. The summed E-state index contributed by atoms with van der Waals surface area (Å²) >= 11 is 1.52. The molecule has 9 N–H and O–H groups in total. The van der Waals surface area contributed by atoms with Crippen molar-refractivity contribution in [3.05, 3.63) is 35.9 Å². The summed E-state index contributed by atoms with van der Waals surface area (Å²) in [6.45, 7) is 1.74. The van der Waals surface area contributed by atoms with Crippen molar-refractivity contribution in [1.82, 2.24) is 16.0 Å². The largest absolute Gasteiger partial charge is 0.480 e. The number of nitrogens with two attached hydrogens (primary N) is 2. The summed E-state index contributed by atoms with van der Waals surface area (Å²) < 4.78 is 0. The normalized spacial score (nSPS) is 15.1. The van der Waals surface area contributed by atoms with Gasteiger partial charge in [-0.3, -0.25) is 14.4 Å². The summed E-state index contributed by atoms with van der Waals surface area (Å²) in [6.07, 6.45) is 2.37. The zero-order chi connectivity index (χ0) is 27.1. The van der Waals surface area contributed by atoms with Crippen molar-refractivity contribution in [1.29, 1.82) is 0 Å². The summed E-state index contributed by atoms with van der Waals surface area (Å²) in [7, 11) is 0. The molecule has 1 aromatic rings. The van der Waals surface area contributed by atoms with E-state index in [2.05, 4.69) is 16.0 Å². The lowest BCUT2D eigenvalue weighted by molar-refractivity contribution is -0.142. The van der Waals surface area contributed by atoms with E-state index in [1.165, 1.54) is 18.7 Å². The molecule has 0 spiro atoms. The van der Waals surface area contributed by atoms with Gasteiger partial charge in [-0.05, 0) is 56.7 Å². The van der Waals surface area contributed by atoms with E-state index >= 15 is 0 Å². The van der Waals surface area contributed by atoms with Crippen LogP contribution in [0.1, 0.15) is 38.2 Å². The third kappa shape index (κ3) is 11.4. The van der Waals surface area contributed by atoms with E-state index in [-0.39, 0.29) is 12.8 Å². The van der Waals surface area contributed by atoms with Gasteiger partial charge in [0.2, 0.25) is 17.7 Å². The maximum absolute atomic E-state index is 13.1. The molecule has 0 radical (unpaired) electrons. The minimum absolute atomic E-state index is 0.0707. The van der Waals surface area contributed by atoms with Gasteiger partial charge in [-0.1, -0.05) is 30.3 Å². The lowest BCUT2D eigenvalue weighted by Crippen LogP contribution is -2.60. The van der Waals surface area contributed by atoms with Crippen LogP contribution in [0.4, 0.5) is 0 Å². The highest BCUT2D eigenvalue weighted by Gasteiger charge is 2.32. The van der Waals surface area contributed by atoms with E-state index < -0.39 is 54.0 Å². The molecule has 12 heteroatoms. The molecular formula is C24H39N5O6S. The minimum atomic E-state index is -1.36. The number of hydrogen-bond acceptors (Lipinski definition) is 8. The Labute approximate surface area is 216 Å². The summed E-state index contributed by atoms with van der Waals surface area (Å²) in [6, 6.07) is 4.35. The number of amides is 3. The minimum Gasteiger partial charge on any atom is -0.480 e. The number of thioether (sulfide) groups is 1. The van der Waals surface area contributed by atoms with Crippen molar-refractivity contribution in [2.24, 2.45) is 11.5 Å². The molecular weight excluding hydrogens is 486 g/mol. The maximum Gasteiger partial charge on any atom is 0.326 e. The summed E-state index contributed by atoms with van der Waals surface area (Å²) in [5.41, 5.74) is 12.1. The van der Waals surface area contributed by atoms with Gasteiger partial charge >= 0.3 is 5.97 Å². The fourth-order valence-corrected chi connectivity index (χ4v) is 3.87. The quantitative estimate of drug-likeness (QED) is 0.129. The van der Waals surface area contributed by atoms with Crippen molar-refractivity contribution in [2.75, 3.05) is 18.6 Å². The number of aliphatic carboxylic acids is 1. The Kier molecular flexibility index (Phi) is 14.7. The first-order chi connectivity index (χ1) is 17.1. The van der Waals surface area contributed by atoms with Crippen molar-refractivity contribution in [3.8, 4) is 0 Å². The second-order valence-corrected chi connectivity index (χ2v) is 9.54. The first kappa shape index (κ1) is 31.4. The van der Waals surface area contributed by atoms with Crippen LogP contribution in [0.3, 0.4) is 0 Å². The maximum atomic E-state index is 13.1. The standard InChI is InChI=1S/C24H39N5O6S/c1-15(30)20(29-21(31)17(26)11-13-36-2)23(33)28-19(14-16-8-4-3-5-9-16)22(32)27-18(24(34)35)10-6-7-12-25/h3-5,8-9,15,17-20,30H,6-7,10-14,25-26H2,1-2H3,(H,27,32)(H,28,33)(H,29,31)(H,34,35). The number of aliphatic hydroxyl groups excluding tert-OH is 1. The van der Waals surface area contributed by atoms with Crippen LogP contribution in [0.25, 0.3) is 0 Å². The highest BCUT2D eigenvalue weighted by molar-refractivity contribution is 7.98. The van der Waals surface area contributed by atoms with Crippen molar-refractivity contribution < 1.29 is 29.4 Å². The van der Waals surface area contributed by atoms with E-state index in [4.69, 9.17) is 11.5 Å². The van der Waals surface area contributed by atoms with Gasteiger partial charge in [0.15, 0.2) is 0 Å². The summed E-state index contributed by atoms with van der Waals surface area (Å²) in [5, 5.41) is 27.2. The van der Waals surface area contributed by atoms with Gasteiger partial charge in [0.1, 0.15) is 18.1 Å². The number of hydrogen-bond donors (Lipinski definition) is 7. The Morgan fingerprint density at radius 1 is 0.944 bits per heavy atom. The van der Waals surface area contributed by atoms with E-state index in [9.17, 15) is 29.4 Å². The van der Waals surface area contributed by atoms with Crippen LogP contribution in [-0.2, 0) is 25.6 Å². The Hall–Kier alpha value is -2.67. The molecule has 0 aliphatic heterocycles. The lowest BCUT2D eigenvalue weighted by atomic mass is 10.0. The monoisotopic (exact) mass is 525 g/mol. The Morgan fingerprint density at radius 3 is 2.14 bits per heavy atom. The average Bonchev–Trinajstić information content (AvgIpc) is 2.84. The number of carboxylic acids is 1. The number of unbranched alkanes of at least 4 members (excludes halogenated alkanes) is 1. The molecule has 11 nitrogen and oxygen atoms in total. The number of rotatable bonds is 17. The number of carbonyl (C=O) groups is 4. The highest BCUT2D eigenvalue weighted by atomic mass is 32.2. The number of carboxylic acid groups (broad SMARTS) is 1. The molecule has 1 aromatic carbocycles. The highest BCUT2D eigenvalue weighted by Crippen LogP contribution is 2.08. The smallest absolute Gasteiger partial charge is 0.326 e. The van der Waals surface area contributed by atoms with Gasteiger partial charge in [-0.15, -0.1) is 0 Å². The van der Waals surface area contributed by atoms with Crippen LogP contribution in [0.15, 0.2) is 30.3 Å². The van der Waals surface area contributed by atoms with Crippen LogP contribution in [-0.4, -0.2) is 82.7 Å². The van der Waals surface area contributed by atoms with Crippen molar-refractivity contribution in [2.45, 2.75) is 69.3 Å². The van der Waals surface area contributed by atoms with Crippen LogP contribution in [0.2, 0.25) is 0 Å². The van der Waals surface area contributed by atoms with Crippen LogP contribution in [0, 0.1) is 0 Å². The van der Waals surface area contributed by atoms with Gasteiger partial charge in [0.25, 0.3) is 0 Å². The van der Waals surface area contributed by atoms with Gasteiger partial charge in [0.05, 0.1) is 12.1 Å². The number of nitrogens with one attached hydrogen (secondary N) is 3. The van der Waals surface area contributed by atoms with Crippen molar-refractivity contribution in [3.63, 3.8) is 0 Å². The first-order valence-electron chi connectivity index (χ1n) is 11.9. The average molecular weight is 526 g/mol. The van der Waals surface area contributed by atoms with Gasteiger partial charge in [0, 0.05) is 6.42 Å². The molecule has 0 aliphatic carbocycles. The number of carbonyl (C=O) groups excluding carboxylic acids is 3. The molecule has 36 heavy (non-hydrogen) atoms. The predicted molar refractivity (Wildman–Crippen MR) is 139 cm³/mol. The first-order valence-corrected chi connectivity index (χ1v) is 13.3.